The maximum Gasteiger partial charge on any atom is 0.471 e. The molecule has 1 atom stereocenters. The summed E-state index contributed by atoms with van der Waals surface area (Å²) < 4.78 is 41.0. The van der Waals surface area contributed by atoms with Crippen molar-refractivity contribution in [2.75, 3.05) is 5.32 Å². The minimum Gasteiger partial charge on any atom is -0.479 e. The van der Waals surface area contributed by atoms with Gasteiger partial charge in [-0.1, -0.05) is 6.07 Å². The summed E-state index contributed by atoms with van der Waals surface area (Å²) in [6.45, 7) is 1.27. The van der Waals surface area contributed by atoms with E-state index in [2.05, 4.69) is 0 Å². The van der Waals surface area contributed by atoms with E-state index in [1.54, 1.807) is 5.32 Å². The summed E-state index contributed by atoms with van der Waals surface area (Å²) in [7, 11) is 0. The number of halogens is 3. The van der Waals surface area contributed by atoms with Crippen LogP contribution in [0.15, 0.2) is 24.3 Å². The number of aliphatic carboxylic acids is 1. The first-order valence-corrected chi connectivity index (χ1v) is 5.08. The second-order valence-corrected chi connectivity index (χ2v) is 3.58. The topological polar surface area (TPSA) is 75.6 Å². The molecular formula is C11H10F3NO4. The summed E-state index contributed by atoms with van der Waals surface area (Å²) in [5.41, 5.74) is -0.141. The van der Waals surface area contributed by atoms with Gasteiger partial charge in [0.1, 0.15) is 5.75 Å². The van der Waals surface area contributed by atoms with E-state index in [4.69, 9.17) is 9.84 Å². The highest BCUT2D eigenvalue weighted by Crippen LogP contribution is 2.22. The van der Waals surface area contributed by atoms with Crippen LogP contribution in [-0.4, -0.2) is 29.3 Å². The molecule has 0 aliphatic carbocycles. The maximum absolute atomic E-state index is 12.0. The van der Waals surface area contributed by atoms with Gasteiger partial charge in [0.2, 0.25) is 0 Å². The normalized spacial score (nSPS) is 12.6. The van der Waals surface area contributed by atoms with Gasteiger partial charge in [0.05, 0.1) is 0 Å². The summed E-state index contributed by atoms with van der Waals surface area (Å²) in [5, 5.41) is 10.3. The van der Waals surface area contributed by atoms with Crippen molar-refractivity contribution in [2.24, 2.45) is 0 Å². The molecule has 0 aliphatic rings. The lowest BCUT2D eigenvalue weighted by Crippen LogP contribution is -2.30. The molecule has 0 radical (unpaired) electrons. The molecule has 0 aromatic heterocycles. The Bertz CT molecular complexity index is 487. The summed E-state index contributed by atoms with van der Waals surface area (Å²) in [6.07, 6.45) is -6.15. The standard InChI is InChI=1S/C11H10F3NO4/c1-6(9(16)17)19-8-4-2-3-7(5-8)15-10(18)11(12,13)14/h2-6H,1H3,(H,15,18)(H,16,17). The molecule has 0 fully saturated rings. The average molecular weight is 277 g/mol. The summed E-state index contributed by atoms with van der Waals surface area (Å²) in [6, 6.07) is 5.02. The zero-order chi connectivity index (χ0) is 14.6. The average Bonchev–Trinajstić information content (AvgIpc) is 2.27. The van der Waals surface area contributed by atoms with Gasteiger partial charge in [-0.3, -0.25) is 4.79 Å². The number of ether oxygens (including phenoxy) is 1. The van der Waals surface area contributed by atoms with Gasteiger partial charge in [-0.25, -0.2) is 4.79 Å². The van der Waals surface area contributed by atoms with Gasteiger partial charge in [0.15, 0.2) is 6.10 Å². The number of benzene rings is 1. The van der Waals surface area contributed by atoms with Crippen LogP contribution >= 0.6 is 0 Å². The molecule has 1 aromatic rings. The number of hydrogen-bond donors (Lipinski definition) is 2. The highest BCUT2D eigenvalue weighted by Gasteiger charge is 2.38. The zero-order valence-electron chi connectivity index (χ0n) is 9.69. The van der Waals surface area contributed by atoms with Crippen LogP contribution in [0.2, 0.25) is 0 Å². The molecule has 104 valence electrons. The molecule has 1 amide bonds. The number of carbonyl (C=O) groups excluding carboxylic acids is 1. The van der Waals surface area contributed by atoms with Gasteiger partial charge in [-0.2, -0.15) is 13.2 Å². The second kappa shape index (κ2) is 5.59. The lowest BCUT2D eigenvalue weighted by atomic mass is 10.3. The molecule has 19 heavy (non-hydrogen) atoms. The zero-order valence-corrected chi connectivity index (χ0v) is 9.69. The van der Waals surface area contributed by atoms with Gasteiger partial charge < -0.3 is 15.2 Å². The van der Waals surface area contributed by atoms with Crippen molar-refractivity contribution in [3.05, 3.63) is 24.3 Å². The Morgan fingerprint density at radius 1 is 1.37 bits per heavy atom. The smallest absolute Gasteiger partial charge is 0.471 e. The number of carboxylic acid groups (broad SMARTS) is 1. The Kier molecular flexibility index (Phi) is 4.36. The first-order valence-electron chi connectivity index (χ1n) is 5.08. The Hall–Kier alpha value is -2.25. The molecule has 5 nitrogen and oxygen atoms in total. The second-order valence-electron chi connectivity index (χ2n) is 3.58. The lowest BCUT2D eigenvalue weighted by molar-refractivity contribution is -0.167. The number of anilines is 1. The SMILES string of the molecule is CC(Oc1cccc(NC(=O)C(F)(F)F)c1)C(=O)O. The van der Waals surface area contributed by atoms with Gasteiger partial charge in [0.25, 0.3) is 0 Å². The van der Waals surface area contributed by atoms with Crippen LogP contribution < -0.4 is 10.1 Å². The third-order valence-electron chi connectivity index (χ3n) is 2.01. The highest BCUT2D eigenvalue weighted by atomic mass is 19.4. The van der Waals surface area contributed by atoms with Crippen molar-refractivity contribution in [2.45, 2.75) is 19.2 Å². The molecule has 1 rings (SSSR count). The maximum atomic E-state index is 12.0. The molecule has 8 heteroatoms. The van der Waals surface area contributed by atoms with Gasteiger partial charge in [-0.15, -0.1) is 0 Å². The first-order chi connectivity index (χ1) is 8.70. The fourth-order valence-electron chi connectivity index (χ4n) is 1.10. The molecule has 0 spiro atoms. The van der Waals surface area contributed by atoms with E-state index in [9.17, 15) is 22.8 Å². The van der Waals surface area contributed by atoms with Gasteiger partial charge in [-0.05, 0) is 19.1 Å². The number of hydrogen-bond acceptors (Lipinski definition) is 3. The van der Waals surface area contributed by atoms with E-state index in [0.29, 0.717) is 0 Å². The van der Waals surface area contributed by atoms with E-state index in [0.717, 1.165) is 6.07 Å². The number of carbonyl (C=O) groups is 2. The predicted octanol–water partition coefficient (Wildman–Crippen LogP) is 2.04. The monoisotopic (exact) mass is 277 g/mol. The molecule has 0 saturated heterocycles. The molecule has 2 N–H and O–H groups in total. The molecule has 0 bridgehead atoms. The van der Waals surface area contributed by atoms with Crippen LogP contribution in [0.5, 0.6) is 5.75 Å². The van der Waals surface area contributed by atoms with Gasteiger partial charge in [0, 0.05) is 11.8 Å². The Morgan fingerprint density at radius 3 is 2.53 bits per heavy atom. The number of amides is 1. The highest BCUT2D eigenvalue weighted by molar-refractivity contribution is 5.95. The predicted molar refractivity (Wildman–Crippen MR) is 58.9 cm³/mol. The molecule has 1 aromatic carbocycles. The van der Waals surface area contributed by atoms with E-state index < -0.39 is 24.2 Å². The fraction of sp³-hybridized carbons (Fsp3) is 0.273. The van der Waals surface area contributed by atoms with Crippen LogP contribution in [0, 0.1) is 0 Å². The van der Waals surface area contributed by atoms with E-state index in [1.165, 1.54) is 25.1 Å². The number of carboxylic acids is 1. The van der Waals surface area contributed by atoms with E-state index in [1.807, 2.05) is 0 Å². The Morgan fingerprint density at radius 2 is 2.00 bits per heavy atom. The first kappa shape index (κ1) is 14.8. The molecule has 0 aliphatic heterocycles. The van der Waals surface area contributed by atoms with Crippen molar-refractivity contribution in [3.63, 3.8) is 0 Å². The molecule has 0 saturated carbocycles. The third kappa shape index (κ3) is 4.49. The van der Waals surface area contributed by atoms with Crippen molar-refractivity contribution in [1.82, 2.24) is 0 Å². The van der Waals surface area contributed by atoms with Crippen LogP contribution in [-0.2, 0) is 9.59 Å². The van der Waals surface area contributed by atoms with Crippen molar-refractivity contribution in [1.29, 1.82) is 0 Å². The summed E-state index contributed by atoms with van der Waals surface area (Å²) in [5.74, 6) is -3.30. The molecular weight excluding hydrogens is 267 g/mol. The van der Waals surface area contributed by atoms with Crippen molar-refractivity contribution < 1.29 is 32.6 Å². The number of rotatable bonds is 4. The fourth-order valence-corrected chi connectivity index (χ4v) is 1.10. The van der Waals surface area contributed by atoms with Crippen LogP contribution in [0.3, 0.4) is 0 Å². The van der Waals surface area contributed by atoms with E-state index in [-0.39, 0.29) is 11.4 Å². The van der Waals surface area contributed by atoms with Crippen molar-refractivity contribution >= 4 is 17.6 Å². The van der Waals surface area contributed by atoms with E-state index >= 15 is 0 Å². The Balaban J connectivity index is 2.78. The van der Waals surface area contributed by atoms with Crippen molar-refractivity contribution in [3.8, 4) is 5.75 Å². The number of nitrogens with one attached hydrogen (secondary N) is 1. The summed E-state index contributed by atoms with van der Waals surface area (Å²) in [4.78, 5) is 21.3. The quantitative estimate of drug-likeness (QED) is 0.883. The summed E-state index contributed by atoms with van der Waals surface area (Å²) >= 11 is 0. The largest absolute Gasteiger partial charge is 0.479 e. The minimum atomic E-state index is -4.99. The van der Waals surface area contributed by atoms with Gasteiger partial charge >= 0.3 is 18.1 Å². The minimum absolute atomic E-state index is 0.0369. The third-order valence-corrected chi connectivity index (χ3v) is 2.01. The van der Waals surface area contributed by atoms with Crippen LogP contribution in [0.25, 0.3) is 0 Å². The van der Waals surface area contributed by atoms with Crippen LogP contribution in [0.1, 0.15) is 6.92 Å². The Labute approximate surface area is 106 Å². The molecule has 1 unspecified atom stereocenters. The molecule has 0 heterocycles. The van der Waals surface area contributed by atoms with Crippen LogP contribution in [0.4, 0.5) is 18.9 Å². The lowest BCUT2D eigenvalue weighted by Gasteiger charge is -2.12. The number of alkyl halides is 3.